The Labute approximate surface area is 138 Å². The summed E-state index contributed by atoms with van der Waals surface area (Å²) in [5.74, 6) is 0. The monoisotopic (exact) mass is 325 g/mol. The van der Waals surface area contributed by atoms with E-state index < -0.39 is 0 Å². The van der Waals surface area contributed by atoms with E-state index >= 15 is 0 Å². The van der Waals surface area contributed by atoms with Crippen LogP contribution in [-0.4, -0.2) is 22.1 Å². The average molecular weight is 325 g/mol. The Morgan fingerprint density at radius 1 is 1.30 bits per heavy atom. The third kappa shape index (κ3) is 3.14. The van der Waals surface area contributed by atoms with E-state index in [-0.39, 0.29) is 10.7 Å². The molecule has 0 saturated heterocycles. The standard InChI is InChI=1S/C16H15N5OS/c1-21(10-5-3-2-4-6-10)14-8-11-12(19-15(22)9-18-11)7-13(14)20-16(17)23/h2-9H,1H3,(H,19,22)(H3,17,20,23). The van der Waals surface area contributed by atoms with E-state index in [1.807, 2.05) is 48.3 Å². The number of hydrogen-bond donors (Lipinski definition) is 3. The van der Waals surface area contributed by atoms with Gasteiger partial charge in [-0.3, -0.25) is 4.79 Å². The first-order valence-electron chi connectivity index (χ1n) is 6.93. The largest absolute Gasteiger partial charge is 0.376 e. The molecule has 2 aromatic carbocycles. The van der Waals surface area contributed by atoms with E-state index in [2.05, 4.69) is 15.3 Å². The summed E-state index contributed by atoms with van der Waals surface area (Å²) < 4.78 is 0. The second kappa shape index (κ2) is 6.05. The molecule has 0 atom stereocenters. The van der Waals surface area contributed by atoms with Crippen molar-refractivity contribution >= 4 is 45.4 Å². The van der Waals surface area contributed by atoms with Crippen molar-refractivity contribution < 1.29 is 0 Å². The van der Waals surface area contributed by atoms with Crippen LogP contribution in [-0.2, 0) is 0 Å². The molecule has 0 aliphatic rings. The zero-order chi connectivity index (χ0) is 16.4. The lowest BCUT2D eigenvalue weighted by Gasteiger charge is -2.23. The van der Waals surface area contributed by atoms with Crippen molar-refractivity contribution in [3.05, 3.63) is 59.0 Å². The molecule has 0 saturated carbocycles. The molecule has 116 valence electrons. The lowest BCUT2D eigenvalue weighted by Crippen LogP contribution is -2.21. The normalized spacial score (nSPS) is 10.5. The highest BCUT2D eigenvalue weighted by molar-refractivity contribution is 7.80. The van der Waals surface area contributed by atoms with Crippen LogP contribution >= 0.6 is 12.2 Å². The van der Waals surface area contributed by atoms with Crippen LogP contribution in [0, 0.1) is 0 Å². The highest BCUT2D eigenvalue weighted by Gasteiger charge is 2.12. The Bertz CT molecular complexity index is 923. The van der Waals surface area contributed by atoms with E-state index in [9.17, 15) is 4.79 Å². The lowest BCUT2D eigenvalue weighted by molar-refractivity contribution is 1.19. The predicted molar refractivity (Wildman–Crippen MR) is 97.3 cm³/mol. The molecule has 1 heterocycles. The van der Waals surface area contributed by atoms with Gasteiger partial charge >= 0.3 is 0 Å². The summed E-state index contributed by atoms with van der Waals surface area (Å²) in [6.07, 6.45) is 1.26. The molecule has 4 N–H and O–H groups in total. The quantitative estimate of drug-likeness (QED) is 0.641. The molecule has 6 nitrogen and oxygen atoms in total. The van der Waals surface area contributed by atoms with Gasteiger partial charge in [0.05, 0.1) is 28.6 Å². The highest BCUT2D eigenvalue weighted by atomic mass is 32.1. The molecule has 0 aliphatic heterocycles. The van der Waals surface area contributed by atoms with E-state index in [1.165, 1.54) is 6.20 Å². The van der Waals surface area contributed by atoms with Crippen LogP contribution in [0.1, 0.15) is 0 Å². The molecule has 0 spiro atoms. The number of nitrogens with one attached hydrogen (secondary N) is 2. The number of hydrogen-bond acceptors (Lipinski definition) is 4. The second-order valence-electron chi connectivity index (χ2n) is 5.02. The van der Waals surface area contributed by atoms with Crippen LogP contribution in [0.5, 0.6) is 0 Å². The van der Waals surface area contributed by atoms with Gasteiger partial charge in [-0.15, -0.1) is 0 Å². The van der Waals surface area contributed by atoms with Crippen molar-refractivity contribution in [1.82, 2.24) is 9.97 Å². The van der Waals surface area contributed by atoms with Crippen molar-refractivity contribution in [3.8, 4) is 0 Å². The van der Waals surface area contributed by atoms with Gasteiger partial charge in [-0.2, -0.15) is 0 Å². The number of para-hydroxylation sites is 1. The van der Waals surface area contributed by atoms with Gasteiger partial charge < -0.3 is 20.9 Å². The number of aromatic amines is 1. The van der Waals surface area contributed by atoms with Gasteiger partial charge in [0, 0.05) is 12.7 Å². The highest BCUT2D eigenvalue weighted by Crippen LogP contribution is 2.33. The number of nitrogens with two attached hydrogens (primary N) is 1. The van der Waals surface area contributed by atoms with E-state index in [0.29, 0.717) is 16.7 Å². The first-order chi connectivity index (χ1) is 11.0. The maximum Gasteiger partial charge on any atom is 0.266 e. The first-order valence-corrected chi connectivity index (χ1v) is 7.34. The number of rotatable bonds is 3. The first kappa shape index (κ1) is 15.0. The Hall–Kier alpha value is -2.93. The minimum Gasteiger partial charge on any atom is -0.376 e. The zero-order valence-corrected chi connectivity index (χ0v) is 13.2. The van der Waals surface area contributed by atoms with Crippen molar-refractivity contribution in [1.29, 1.82) is 0 Å². The SMILES string of the molecule is CN(c1ccccc1)c1cc2ncc(=O)[nH]c2cc1NC(N)=S. The molecular weight excluding hydrogens is 310 g/mol. The molecular formula is C16H15N5OS. The minimum atomic E-state index is -0.261. The smallest absolute Gasteiger partial charge is 0.266 e. The van der Waals surface area contributed by atoms with Crippen LogP contribution in [0.15, 0.2) is 53.5 Å². The average Bonchev–Trinajstić information content (AvgIpc) is 2.54. The fourth-order valence-corrected chi connectivity index (χ4v) is 2.49. The third-order valence-corrected chi connectivity index (χ3v) is 3.56. The summed E-state index contributed by atoms with van der Waals surface area (Å²) in [5, 5.41) is 3.10. The van der Waals surface area contributed by atoms with Gasteiger partial charge in [0.2, 0.25) is 0 Å². The van der Waals surface area contributed by atoms with Crippen molar-refractivity contribution in [3.63, 3.8) is 0 Å². The maximum atomic E-state index is 11.5. The number of fused-ring (bicyclic) bond motifs is 1. The molecule has 0 fully saturated rings. The number of anilines is 3. The van der Waals surface area contributed by atoms with Crippen molar-refractivity contribution in [2.75, 3.05) is 17.3 Å². The molecule has 0 aliphatic carbocycles. The summed E-state index contributed by atoms with van der Waals surface area (Å²) in [6.45, 7) is 0. The molecule has 0 unspecified atom stereocenters. The number of nitrogens with zero attached hydrogens (tertiary/aromatic N) is 2. The Kier molecular flexibility index (Phi) is 3.94. The fraction of sp³-hybridized carbons (Fsp3) is 0.0625. The molecule has 23 heavy (non-hydrogen) atoms. The summed E-state index contributed by atoms with van der Waals surface area (Å²) in [6, 6.07) is 13.5. The van der Waals surface area contributed by atoms with Gasteiger partial charge in [-0.05, 0) is 36.5 Å². The Balaban J connectivity index is 2.18. The predicted octanol–water partition coefficient (Wildman–Crippen LogP) is 2.35. The van der Waals surface area contributed by atoms with Crippen LogP contribution in [0.3, 0.4) is 0 Å². The van der Waals surface area contributed by atoms with E-state index in [1.54, 1.807) is 6.07 Å². The van der Waals surface area contributed by atoms with Gasteiger partial charge in [-0.1, -0.05) is 18.2 Å². The maximum absolute atomic E-state index is 11.5. The number of aromatic nitrogens is 2. The lowest BCUT2D eigenvalue weighted by atomic mass is 10.2. The summed E-state index contributed by atoms with van der Waals surface area (Å²) >= 11 is 4.95. The van der Waals surface area contributed by atoms with Crippen LogP contribution in [0.2, 0.25) is 0 Å². The van der Waals surface area contributed by atoms with E-state index in [0.717, 1.165) is 11.4 Å². The molecule has 0 radical (unpaired) electrons. The summed E-state index contributed by atoms with van der Waals surface area (Å²) in [5.41, 5.74) is 9.19. The minimum absolute atomic E-state index is 0.151. The molecule has 7 heteroatoms. The molecule has 1 aromatic heterocycles. The Morgan fingerprint density at radius 3 is 2.74 bits per heavy atom. The molecule has 0 amide bonds. The molecule has 3 aromatic rings. The fourth-order valence-electron chi connectivity index (χ4n) is 2.38. The third-order valence-electron chi connectivity index (χ3n) is 3.46. The van der Waals surface area contributed by atoms with Gasteiger partial charge in [0.1, 0.15) is 0 Å². The molecule has 0 bridgehead atoms. The summed E-state index contributed by atoms with van der Waals surface area (Å²) in [7, 11) is 1.94. The van der Waals surface area contributed by atoms with Crippen molar-refractivity contribution in [2.24, 2.45) is 5.73 Å². The second-order valence-corrected chi connectivity index (χ2v) is 5.46. The zero-order valence-electron chi connectivity index (χ0n) is 12.4. The Morgan fingerprint density at radius 2 is 2.04 bits per heavy atom. The van der Waals surface area contributed by atoms with Gasteiger partial charge in [0.15, 0.2) is 5.11 Å². The van der Waals surface area contributed by atoms with Crippen LogP contribution < -0.4 is 21.5 Å². The topological polar surface area (TPSA) is 87.0 Å². The van der Waals surface area contributed by atoms with Gasteiger partial charge in [-0.25, -0.2) is 4.98 Å². The van der Waals surface area contributed by atoms with E-state index in [4.69, 9.17) is 18.0 Å². The van der Waals surface area contributed by atoms with Crippen molar-refractivity contribution in [2.45, 2.75) is 0 Å². The van der Waals surface area contributed by atoms with Gasteiger partial charge in [0.25, 0.3) is 5.56 Å². The number of benzene rings is 2. The van der Waals surface area contributed by atoms with Crippen LogP contribution in [0.25, 0.3) is 11.0 Å². The van der Waals surface area contributed by atoms with Crippen LogP contribution in [0.4, 0.5) is 17.1 Å². The molecule has 3 rings (SSSR count). The number of H-pyrrole nitrogens is 1. The summed E-state index contributed by atoms with van der Waals surface area (Å²) in [4.78, 5) is 20.4. The number of thiocarbonyl (C=S) groups is 1.